The lowest BCUT2D eigenvalue weighted by Crippen LogP contribution is -2.47. The first-order valence-corrected chi connectivity index (χ1v) is 6.46. The number of benzene rings is 1. The van der Waals surface area contributed by atoms with Crippen LogP contribution in [0, 0.1) is 5.41 Å². The Morgan fingerprint density at radius 3 is 2.67 bits per heavy atom. The van der Waals surface area contributed by atoms with E-state index in [-0.39, 0.29) is 0 Å². The Morgan fingerprint density at radius 2 is 2.00 bits per heavy atom. The summed E-state index contributed by atoms with van der Waals surface area (Å²) in [5, 5.41) is 8.27. The third-order valence-electron chi connectivity index (χ3n) is 3.24. The molecule has 1 aliphatic heterocycles. The van der Waals surface area contributed by atoms with Crippen molar-refractivity contribution in [1.29, 1.82) is 5.41 Å². The SMILES string of the molecule is CCOc1cccc(C(=N)N2CCN(C)CC2)c1. The van der Waals surface area contributed by atoms with Gasteiger partial charge in [-0.15, -0.1) is 0 Å². The van der Waals surface area contributed by atoms with E-state index in [0.29, 0.717) is 12.4 Å². The minimum absolute atomic E-state index is 0.602. The third-order valence-corrected chi connectivity index (χ3v) is 3.24. The molecule has 0 unspecified atom stereocenters. The van der Waals surface area contributed by atoms with Gasteiger partial charge in [-0.1, -0.05) is 12.1 Å². The number of amidine groups is 1. The van der Waals surface area contributed by atoms with Gasteiger partial charge in [0.1, 0.15) is 11.6 Å². The van der Waals surface area contributed by atoms with Crippen molar-refractivity contribution in [3.8, 4) is 5.75 Å². The molecule has 1 heterocycles. The van der Waals surface area contributed by atoms with Gasteiger partial charge in [-0.3, -0.25) is 5.41 Å². The lowest BCUT2D eigenvalue weighted by atomic mass is 10.1. The minimum atomic E-state index is 0.602. The molecular formula is C14H21N3O. The van der Waals surface area contributed by atoms with E-state index in [0.717, 1.165) is 37.5 Å². The van der Waals surface area contributed by atoms with Crippen LogP contribution in [0.25, 0.3) is 0 Å². The molecule has 1 aromatic rings. The molecule has 1 aliphatic rings. The first-order valence-electron chi connectivity index (χ1n) is 6.46. The van der Waals surface area contributed by atoms with Gasteiger partial charge in [0.2, 0.25) is 0 Å². The van der Waals surface area contributed by atoms with Crippen LogP contribution in [0.1, 0.15) is 12.5 Å². The van der Waals surface area contributed by atoms with Crippen molar-refractivity contribution in [3.63, 3.8) is 0 Å². The van der Waals surface area contributed by atoms with Crippen LogP contribution in [-0.2, 0) is 0 Å². The summed E-state index contributed by atoms with van der Waals surface area (Å²) in [6.45, 7) is 6.52. The molecule has 0 atom stereocenters. The summed E-state index contributed by atoms with van der Waals surface area (Å²) in [6.07, 6.45) is 0. The molecule has 2 rings (SSSR count). The fourth-order valence-corrected chi connectivity index (χ4v) is 2.11. The first-order chi connectivity index (χ1) is 8.70. The molecule has 0 saturated carbocycles. The molecule has 4 nitrogen and oxygen atoms in total. The molecule has 1 fully saturated rings. The van der Waals surface area contributed by atoms with Crippen molar-refractivity contribution in [2.45, 2.75) is 6.92 Å². The Morgan fingerprint density at radius 1 is 1.28 bits per heavy atom. The predicted octanol–water partition coefficient (Wildman–Crippen LogP) is 1.66. The second-order valence-corrected chi connectivity index (χ2v) is 4.60. The zero-order chi connectivity index (χ0) is 13.0. The van der Waals surface area contributed by atoms with Crippen LogP contribution in [-0.4, -0.2) is 55.5 Å². The molecule has 18 heavy (non-hydrogen) atoms. The fourth-order valence-electron chi connectivity index (χ4n) is 2.11. The number of hydrogen-bond acceptors (Lipinski definition) is 3. The summed E-state index contributed by atoms with van der Waals surface area (Å²) in [6, 6.07) is 7.81. The highest BCUT2D eigenvalue weighted by atomic mass is 16.5. The van der Waals surface area contributed by atoms with Crippen molar-refractivity contribution in [2.24, 2.45) is 0 Å². The van der Waals surface area contributed by atoms with Gasteiger partial charge in [0.05, 0.1) is 6.61 Å². The van der Waals surface area contributed by atoms with E-state index in [1.165, 1.54) is 0 Å². The molecule has 1 N–H and O–H groups in total. The van der Waals surface area contributed by atoms with Crippen molar-refractivity contribution < 1.29 is 4.74 Å². The largest absolute Gasteiger partial charge is 0.494 e. The van der Waals surface area contributed by atoms with E-state index in [2.05, 4.69) is 16.8 Å². The molecule has 0 spiro atoms. The van der Waals surface area contributed by atoms with Gasteiger partial charge in [-0.2, -0.15) is 0 Å². The van der Waals surface area contributed by atoms with Gasteiger partial charge in [-0.25, -0.2) is 0 Å². The van der Waals surface area contributed by atoms with Gasteiger partial charge >= 0.3 is 0 Å². The van der Waals surface area contributed by atoms with Crippen molar-refractivity contribution >= 4 is 5.84 Å². The molecule has 0 aromatic heterocycles. The highest BCUT2D eigenvalue weighted by molar-refractivity contribution is 5.96. The third kappa shape index (κ3) is 3.01. The van der Waals surface area contributed by atoms with Crippen LogP contribution >= 0.6 is 0 Å². The summed E-state index contributed by atoms with van der Waals surface area (Å²) >= 11 is 0. The van der Waals surface area contributed by atoms with Gasteiger partial charge in [0.15, 0.2) is 0 Å². The number of nitrogens with one attached hydrogen (secondary N) is 1. The number of nitrogens with zero attached hydrogens (tertiary/aromatic N) is 2. The van der Waals surface area contributed by atoms with E-state index in [4.69, 9.17) is 10.1 Å². The van der Waals surface area contributed by atoms with Crippen molar-refractivity contribution in [1.82, 2.24) is 9.80 Å². The number of hydrogen-bond donors (Lipinski definition) is 1. The smallest absolute Gasteiger partial charge is 0.128 e. The molecule has 98 valence electrons. The molecule has 0 radical (unpaired) electrons. The van der Waals surface area contributed by atoms with Crippen LogP contribution in [0.15, 0.2) is 24.3 Å². The average molecular weight is 247 g/mol. The van der Waals surface area contributed by atoms with E-state index in [9.17, 15) is 0 Å². The number of rotatable bonds is 3. The Bertz CT molecular complexity index is 411. The molecule has 1 aromatic carbocycles. The zero-order valence-corrected chi connectivity index (χ0v) is 11.1. The Balaban J connectivity index is 2.06. The van der Waals surface area contributed by atoms with E-state index in [1.807, 2.05) is 31.2 Å². The maximum Gasteiger partial charge on any atom is 0.128 e. The van der Waals surface area contributed by atoms with Crippen LogP contribution in [0.4, 0.5) is 0 Å². The molecule has 0 aliphatic carbocycles. The second-order valence-electron chi connectivity index (χ2n) is 4.60. The van der Waals surface area contributed by atoms with Gasteiger partial charge in [0.25, 0.3) is 0 Å². The number of likely N-dealkylation sites (N-methyl/N-ethyl adjacent to an activating group) is 1. The van der Waals surface area contributed by atoms with E-state index < -0.39 is 0 Å². The summed E-state index contributed by atoms with van der Waals surface area (Å²) in [7, 11) is 2.12. The lowest BCUT2D eigenvalue weighted by molar-refractivity contribution is 0.215. The molecule has 1 saturated heterocycles. The Hall–Kier alpha value is -1.55. The summed E-state index contributed by atoms with van der Waals surface area (Å²) in [4.78, 5) is 4.42. The summed E-state index contributed by atoms with van der Waals surface area (Å²) < 4.78 is 5.48. The standard InChI is InChI=1S/C14H21N3O/c1-3-18-13-6-4-5-12(11-13)14(15)17-9-7-16(2)8-10-17/h4-6,11,15H,3,7-10H2,1-2H3. The topological polar surface area (TPSA) is 39.6 Å². The van der Waals surface area contributed by atoms with Crippen LogP contribution in [0.3, 0.4) is 0 Å². The maximum absolute atomic E-state index is 8.27. The average Bonchev–Trinajstić information content (AvgIpc) is 2.39. The van der Waals surface area contributed by atoms with Gasteiger partial charge < -0.3 is 14.5 Å². The second kappa shape index (κ2) is 5.87. The van der Waals surface area contributed by atoms with Crippen LogP contribution < -0.4 is 4.74 Å². The fraction of sp³-hybridized carbons (Fsp3) is 0.500. The zero-order valence-electron chi connectivity index (χ0n) is 11.1. The van der Waals surface area contributed by atoms with E-state index >= 15 is 0 Å². The molecule has 4 heteroatoms. The minimum Gasteiger partial charge on any atom is -0.494 e. The van der Waals surface area contributed by atoms with E-state index in [1.54, 1.807) is 0 Å². The molecule has 0 amide bonds. The monoisotopic (exact) mass is 247 g/mol. The lowest BCUT2D eigenvalue weighted by Gasteiger charge is -2.34. The predicted molar refractivity (Wildman–Crippen MR) is 73.5 cm³/mol. The van der Waals surface area contributed by atoms with Crippen LogP contribution in [0.5, 0.6) is 5.75 Å². The van der Waals surface area contributed by atoms with Crippen molar-refractivity contribution in [2.75, 3.05) is 39.8 Å². The first kappa shape index (κ1) is 12.9. The highest BCUT2D eigenvalue weighted by Crippen LogP contribution is 2.15. The summed E-state index contributed by atoms with van der Waals surface area (Å²) in [5.74, 6) is 1.44. The number of piperazine rings is 1. The Labute approximate surface area is 109 Å². The van der Waals surface area contributed by atoms with Gasteiger partial charge in [0, 0.05) is 31.7 Å². The van der Waals surface area contributed by atoms with Crippen molar-refractivity contribution in [3.05, 3.63) is 29.8 Å². The molecule has 0 bridgehead atoms. The molecular weight excluding hydrogens is 226 g/mol. The highest BCUT2D eigenvalue weighted by Gasteiger charge is 2.17. The normalized spacial score (nSPS) is 16.7. The maximum atomic E-state index is 8.27. The summed E-state index contributed by atoms with van der Waals surface area (Å²) in [5.41, 5.74) is 0.936. The van der Waals surface area contributed by atoms with Crippen LogP contribution in [0.2, 0.25) is 0 Å². The quantitative estimate of drug-likeness (QED) is 0.652. The van der Waals surface area contributed by atoms with Gasteiger partial charge in [-0.05, 0) is 26.1 Å². The Kier molecular flexibility index (Phi) is 4.20. The number of ether oxygens (including phenoxy) is 1.